The third-order valence-electron chi connectivity index (χ3n) is 2.27. The molecule has 0 aliphatic carbocycles. The minimum atomic E-state index is -0.150. The predicted molar refractivity (Wildman–Crippen MR) is 65.3 cm³/mol. The number of nitrogens with two attached hydrogens (primary N) is 1. The number of halogens is 1. The van der Waals surface area contributed by atoms with Gasteiger partial charge in [0.1, 0.15) is 5.82 Å². The van der Waals surface area contributed by atoms with Crippen LogP contribution in [0.15, 0.2) is 18.3 Å². The van der Waals surface area contributed by atoms with Gasteiger partial charge in [-0.2, -0.15) is 0 Å². The van der Waals surface area contributed by atoms with Crippen molar-refractivity contribution in [3.8, 4) is 0 Å². The summed E-state index contributed by atoms with van der Waals surface area (Å²) >= 11 is 5.69. The summed E-state index contributed by atoms with van der Waals surface area (Å²) in [5, 5.41) is 3.26. The van der Waals surface area contributed by atoms with Gasteiger partial charge in [-0.15, -0.1) is 0 Å². The van der Waals surface area contributed by atoms with E-state index in [1.165, 1.54) is 6.20 Å². The highest BCUT2D eigenvalue weighted by Crippen LogP contribution is 2.12. The number of nitrogens with zero attached hydrogens (tertiary/aromatic N) is 1. The van der Waals surface area contributed by atoms with Crippen LogP contribution in [0.2, 0.25) is 5.02 Å². The molecule has 0 aromatic carbocycles. The van der Waals surface area contributed by atoms with Crippen LogP contribution >= 0.6 is 11.6 Å². The first-order valence-corrected chi connectivity index (χ1v) is 5.67. The Morgan fingerprint density at radius 3 is 2.88 bits per heavy atom. The Bertz CT molecular complexity index is 340. The van der Waals surface area contributed by atoms with Crippen molar-refractivity contribution >= 4 is 23.3 Å². The highest BCUT2D eigenvalue weighted by Gasteiger charge is 2.15. The van der Waals surface area contributed by atoms with Crippen LogP contribution in [0.5, 0.6) is 0 Å². The summed E-state index contributed by atoms with van der Waals surface area (Å²) in [4.78, 5) is 15.7. The predicted octanol–water partition coefficient (Wildman–Crippen LogP) is 2.05. The van der Waals surface area contributed by atoms with Gasteiger partial charge in [-0.3, -0.25) is 4.79 Å². The zero-order chi connectivity index (χ0) is 12.0. The Kier molecular flexibility index (Phi) is 5.22. The van der Waals surface area contributed by atoms with Crippen molar-refractivity contribution in [1.82, 2.24) is 4.98 Å². The minimum absolute atomic E-state index is 0.0841. The van der Waals surface area contributed by atoms with E-state index in [1.54, 1.807) is 12.1 Å². The van der Waals surface area contributed by atoms with E-state index in [2.05, 4.69) is 10.3 Å². The van der Waals surface area contributed by atoms with E-state index in [-0.39, 0.29) is 11.8 Å². The molecule has 1 unspecified atom stereocenters. The van der Waals surface area contributed by atoms with E-state index in [0.29, 0.717) is 17.4 Å². The lowest BCUT2D eigenvalue weighted by Crippen LogP contribution is -2.29. The molecule has 0 saturated heterocycles. The monoisotopic (exact) mass is 241 g/mol. The molecule has 3 N–H and O–H groups in total. The number of pyridine rings is 1. The Morgan fingerprint density at radius 1 is 1.62 bits per heavy atom. The Labute approximate surface area is 100 Å². The molecule has 1 amide bonds. The minimum Gasteiger partial charge on any atom is -0.330 e. The van der Waals surface area contributed by atoms with Gasteiger partial charge in [-0.05, 0) is 18.6 Å². The molecule has 0 aliphatic rings. The molecule has 1 aromatic rings. The molecule has 88 valence electrons. The van der Waals surface area contributed by atoms with E-state index >= 15 is 0 Å². The maximum atomic E-state index is 11.8. The summed E-state index contributed by atoms with van der Waals surface area (Å²) < 4.78 is 0. The molecule has 0 fully saturated rings. The molecule has 0 radical (unpaired) electrons. The molecule has 1 aromatic heterocycles. The van der Waals surface area contributed by atoms with Crippen LogP contribution in [0.3, 0.4) is 0 Å². The molecule has 16 heavy (non-hydrogen) atoms. The summed E-state index contributed by atoms with van der Waals surface area (Å²) in [6.07, 6.45) is 3.22. The fourth-order valence-corrected chi connectivity index (χ4v) is 1.49. The molecule has 1 heterocycles. The van der Waals surface area contributed by atoms with E-state index < -0.39 is 0 Å². The van der Waals surface area contributed by atoms with Gasteiger partial charge in [0.25, 0.3) is 0 Å². The van der Waals surface area contributed by atoms with Crippen molar-refractivity contribution in [2.75, 3.05) is 11.9 Å². The SMILES string of the molecule is CCCC(CN)C(=O)Nc1ccc(Cl)cn1. The number of hydrogen-bond acceptors (Lipinski definition) is 3. The average molecular weight is 242 g/mol. The number of rotatable bonds is 5. The van der Waals surface area contributed by atoms with Crippen LogP contribution in [0.1, 0.15) is 19.8 Å². The van der Waals surface area contributed by atoms with E-state index in [1.807, 2.05) is 6.92 Å². The van der Waals surface area contributed by atoms with E-state index in [0.717, 1.165) is 12.8 Å². The van der Waals surface area contributed by atoms with Crippen molar-refractivity contribution in [2.24, 2.45) is 11.7 Å². The van der Waals surface area contributed by atoms with Crippen LogP contribution in [0.25, 0.3) is 0 Å². The van der Waals surface area contributed by atoms with Crippen LogP contribution in [-0.2, 0) is 4.79 Å². The number of carbonyl (C=O) groups is 1. The number of anilines is 1. The number of nitrogens with one attached hydrogen (secondary N) is 1. The number of hydrogen-bond donors (Lipinski definition) is 2. The molecule has 1 atom stereocenters. The van der Waals surface area contributed by atoms with Crippen LogP contribution in [0.4, 0.5) is 5.82 Å². The normalized spacial score (nSPS) is 12.2. The first-order valence-electron chi connectivity index (χ1n) is 5.29. The average Bonchev–Trinajstić information content (AvgIpc) is 2.29. The topological polar surface area (TPSA) is 68.0 Å². The summed E-state index contributed by atoms with van der Waals surface area (Å²) in [6, 6.07) is 3.35. The lowest BCUT2D eigenvalue weighted by Gasteiger charge is -2.13. The van der Waals surface area contributed by atoms with Gasteiger partial charge < -0.3 is 11.1 Å². The summed E-state index contributed by atoms with van der Waals surface area (Å²) in [5.74, 6) is 0.269. The Hall–Kier alpha value is -1.13. The molecule has 5 heteroatoms. The van der Waals surface area contributed by atoms with Crippen molar-refractivity contribution in [1.29, 1.82) is 0 Å². The molecule has 0 bridgehead atoms. The first kappa shape index (κ1) is 12.9. The molecular formula is C11H16ClN3O. The highest BCUT2D eigenvalue weighted by atomic mass is 35.5. The Morgan fingerprint density at radius 2 is 2.38 bits per heavy atom. The van der Waals surface area contributed by atoms with Crippen LogP contribution in [-0.4, -0.2) is 17.4 Å². The van der Waals surface area contributed by atoms with Gasteiger partial charge in [-0.1, -0.05) is 24.9 Å². The van der Waals surface area contributed by atoms with Gasteiger partial charge in [0, 0.05) is 12.7 Å². The van der Waals surface area contributed by atoms with Crippen molar-refractivity contribution in [3.63, 3.8) is 0 Å². The smallest absolute Gasteiger partial charge is 0.229 e. The van der Waals surface area contributed by atoms with Gasteiger partial charge in [-0.25, -0.2) is 4.98 Å². The largest absolute Gasteiger partial charge is 0.330 e. The molecule has 0 spiro atoms. The third kappa shape index (κ3) is 3.79. The van der Waals surface area contributed by atoms with Gasteiger partial charge >= 0.3 is 0 Å². The summed E-state index contributed by atoms with van der Waals surface area (Å²) in [6.45, 7) is 2.38. The van der Waals surface area contributed by atoms with E-state index in [9.17, 15) is 4.79 Å². The van der Waals surface area contributed by atoms with Crippen molar-refractivity contribution in [3.05, 3.63) is 23.4 Å². The number of carbonyl (C=O) groups excluding carboxylic acids is 1. The van der Waals surface area contributed by atoms with Gasteiger partial charge in [0.2, 0.25) is 5.91 Å². The lowest BCUT2D eigenvalue weighted by atomic mass is 10.0. The molecular weight excluding hydrogens is 226 g/mol. The zero-order valence-electron chi connectivity index (χ0n) is 9.24. The molecule has 1 rings (SSSR count). The molecule has 4 nitrogen and oxygen atoms in total. The van der Waals surface area contributed by atoms with Crippen LogP contribution in [0, 0.1) is 5.92 Å². The summed E-state index contributed by atoms with van der Waals surface area (Å²) in [7, 11) is 0. The Balaban J connectivity index is 2.59. The standard InChI is InChI=1S/C11H16ClN3O/c1-2-3-8(6-13)11(16)15-10-5-4-9(12)7-14-10/h4-5,7-8H,2-3,6,13H2,1H3,(H,14,15,16). The second kappa shape index (κ2) is 6.45. The van der Waals surface area contributed by atoms with Gasteiger partial charge in [0.15, 0.2) is 0 Å². The van der Waals surface area contributed by atoms with Gasteiger partial charge in [0.05, 0.1) is 10.9 Å². The second-order valence-electron chi connectivity index (χ2n) is 3.57. The van der Waals surface area contributed by atoms with Crippen molar-refractivity contribution in [2.45, 2.75) is 19.8 Å². The molecule has 0 aliphatic heterocycles. The highest BCUT2D eigenvalue weighted by molar-refractivity contribution is 6.30. The number of aromatic nitrogens is 1. The summed E-state index contributed by atoms with van der Waals surface area (Å²) in [5.41, 5.74) is 5.54. The fourth-order valence-electron chi connectivity index (χ4n) is 1.38. The second-order valence-corrected chi connectivity index (χ2v) is 4.01. The lowest BCUT2D eigenvalue weighted by molar-refractivity contribution is -0.119. The maximum Gasteiger partial charge on any atom is 0.229 e. The first-order chi connectivity index (χ1) is 7.67. The maximum absolute atomic E-state index is 11.8. The third-order valence-corrected chi connectivity index (χ3v) is 2.49. The van der Waals surface area contributed by atoms with E-state index in [4.69, 9.17) is 17.3 Å². The fraction of sp³-hybridized carbons (Fsp3) is 0.455. The van der Waals surface area contributed by atoms with Crippen molar-refractivity contribution < 1.29 is 4.79 Å². The zero-order valence-corrected chi connectivity index (χ0v) is 10.00. The number of amides is 1. The van der Waals surface area contributed by atoms with Crippen LogP contribution < -0.4 is 11.1 Å². The quantitative estimate of drug-likeness (QED) is 0.829. The molecule has 0 saturated carbocycles.